The Balaban J connectivity index is 1.42. The summed E-state index contributed by atoms with van der Waals surface area (Å²) in [5.41, 5.74) is 0.732. The largest absolute Gasteiger partial charge is 0.490 e. The zero-order chi connectivity index (χ0) is 28.4. The first kappa shape index (κ1) is 29.3. The Morgan fingerprint density at radius 1 is 1.08 bits per heavy atom. The summed E-state index contributed by atoms with van der Waals surface area (Å²) in [4.78, 5) is 26.8. The predicted molar refractivity (Wildman–Crippen MR) is 128 cm³/mol. The number of hydrogen-bond donors (Lipinski definition) is 2. The number of piperazine rings is 1. The normalized spacial score (nSPS) is 24.9. The van der Waals surface area contributed by atoms with E-state index in [1.165, 1.54) is 33.9 Å². The molecule has 12 nitrogen and oxygen atoms in total. The highest BCUT2D eigenvalue weighted by Crippen LogP contribution is 2.38. The molecule has 3 aliphatic heterocycles. The Labute approximate surface area is 223 Å². The summed E-state index contributed by atoms with van der Waals surface area (Å²) in [6, 6.07) is 1.57. The van der Waals surface area contributed by atoms with E-state index in [0.717, 1.165) is 16.4 Å². The maximum absolute atomic E-state index is 13.7. The number of methoxy groups -OCH3 is 1. The minimum absolute atomic E-state index is 0.00631. The van der Waals surface area contributed by atoms with Crippen LogP contribution in [0.2, 0.25) is 0 Å². The lowest BCUT2D eigenvalue weighted by Gasteiger charge is -2.46. The quantitative estimate of drug-likeness (QED) is 0.269. The first-order valence-corrected chi connectivity index (χ1v) is 13.9. The average Bonchev–Trinajstić information content (AvgIpc) is 3.21. The summed E-state index contributed by atoms with van der Waals surface area (Å²) in [7, 11) is -2.74. The number of halogens is 3. The van der Waals surface area contributed by atoms with E-state index in [2.05, 4.69) is 0 Å². The van der Waals surface area contributed by atoms with Gasteiger partial charge < -0.3 is 14.2 Å². The number of hydroxylamine groups is 1. The second kappa shape index (κ2) is 11.8. The highest BCUT2D eigenvalue weighted by atomic mass is 32.2. The molecule has 218 valence electrons. The number of benzene rings is 1. The molecule has 4 rings (SSSR count). The molecule has 1 aromatic carbocycles. The van der Waals surface area contributed by atoms with Gasteiger partial charge in [0.05, 0.1) is 18.2 Å². The highest BCUT2D eigenvalue weighted by Gasteiger charge is 2.56. The van der Waals surface area contributed by atoms with Crippen LogP contribution in [0, 0.1) is 0 Å². The maximum atomic E-state index is 13.7. The maximum Gasteiger partial charge on any atom is 0.416 e. The first-order chi connectivity index (χ1) is 18.5. The number of rotatable bonds is 8. The summed E-state index contributed by atoms with van der Waals surface area (Å²) < 4.78 is 83.8. The molecule has 0 aliphatic carbocycles. The molecule has 0 spiro atoms. The third kappa shape index (κ3) is 6.24. The molecular formula is C23H31F3N4O8S. The lowest BCUT2D eigenvalue weighted by atomic mass is 10.1. The number of hydrogen-bond acceptors (Lipinski definition) is 8. The molecule has 3 fully saturated rings. The summed E-state index contributed by atoms with van der Waals surface area (Å²) in [5, 5.41) is 9.38. The molecule has 2 N–H and O–H groups in total. The first-order valence-electron chi connectivity index (χ1n) is 12.5. The van der Waals surface area contributed by atoms with Gasteiger partial charge in [-0.3, -0.25) is 14.9 Å². The van der Waals surface area contributed by atoms with Crippen LogP contribution in [0.5, 0.6) is 5.75 Å². The van der Waals surface area contributed by atoms with E-state index < -0.39 is 58.2 Å². The van der Waals surface area contributed by atoms with Crippen molar-refractivity contribution in [3.05, 3.63) is 29.8 Å². The lowest BCUT2D eigenvalue weighted by Crippen LogP contribution is -2.68. The molecule has 0 unspecified atom stereocenters. The molecular weight excluding hydrogens is 549 g/mol. The van der Waals surface area contributed by atoms with Crippen molar-refractivity contribution in [2.75, 3.05) is 40.0 Å². The Bertz CT molecular complexity index is 1130. The molecule has 16 heteroatoms. The Kier molecular flexibility index (Phi) is 8.90. The van der Waals surface area contributed by atoms with Crippen LogP contribution in [0.1, 0.15) is 31.2 Å². The van der Waals surface area contributed by atoms with Crippen molar-refractivity contribution in [3.63, 3.8) is 0 Å². The van der Waals surface area contributed by atoms with E-state index in [1.807, 2.05) is 0 Å². The van der Waals surface area contributed by atoms with E-state index >= 15 is 0 Å². The number of alkyl halides is 3. The molecule has 2 bridgehead atoms. The molecule has 3 aliphatic rings. The van der Waals surface area contributed by atoms with Gasteiger partial charge in [0.25, 0.3) is 16.1 Å². The van der Waals surface area contributed by atoms with E-state index in [1.54, 1.807) is 0 Å². The fraction of sp³-hybridized carbons (Fsp3) is 0.652. The summed E-state index contributed by atoms with van der Waals surface area (Å²) in [6.07, 6.45) is -4.22. The van der Waals surface area contributed by atoms with Crippen molar-refractivity contribution >= 4 is 22.2 Å². The van der Waals surface area contributed by atoms with Gasteiger partial charge in [0, 0.05) is 32.8 Å². The van der Waals surface area contributed by atoms with Crippen molar-refractivity contribution in [2.24, 2.45) is 0 Å². The van der Waals surface area contributed by atoms with Crippen LogP contribution in [0.3, 0.4) is 0 Å². The van der Waals surface area contributed by atoms with E-state index in [0.29, 0.717) is 12.8 Å². The van der Waals surface area contributed by atoms with Crippen LogP contribution in [-0.2, 0) is 30.7 Å². The number of nitrogens with zero attached hydrogens (tertiary/aromatic N) is 3. The van der Waals surface area contributed by atoms with E-state index in [-0.39, 0.29) is 51.4 Å². The molecule has 39 heavy (non-hydrogen) atoms. The van der Waals surface area contributed by atoms with Gasteiger partial charge in [-0.15, -0.1) is 0 Å². The topological polar surface area (TPSA) is 138 Å². The van der Waals surface area contributed by atoms with Gasteiger partial charge in [-0.25, -0.2) is 10.3 Å². The number of fused-ring (bicyclic) bond motifs is 2. The predicted octanol–water partition coefficient (Wildman–Crippen LogP) is 1.60. The third-order valence-electron chi connectivity index (χ3n) is 7.22. The number of amides is 2. The molecule has 0 saturated carbocycles. The second-order valence-electron chi connectivity index (χ2n) is 9.55. The summed E-state index contributed by atoms with van der Waals surface area (Å²) in [5.74, 6) is -0.715. The van der Waals surface area contributed by atoms with E-state index in [9.17, 15) is 36.4 Å². The van der Waals surface area contributed by atoms with Crippen molar-refractivity contribution in [1.29, 1.82) is 0 Å². The fourth-order valence-electron chi connectivity index (χ4n) is 5.34. The van der Waals surface area contributed by atoms with Gasteiger partial charge in [0.2, 0.25) is 0 Å². The number of piperidine rings is 1. The van der Waals surface area contributed by atoms with Crippen LogP contribution in [0.15, 0.2) is 24.3 Å². The van der Waals surface area contributed by atoms with Gasteiger partial charge in [-0.2, -0.15) is 30.2 Å². The number of ether oxygens (including phenoxy) is 3. The monoisotopic (exact) mass is 580 g/mol. The zero-order valence-corrected chi connectivity index (χ0v) is 22.0. The van der Waals surface area contributed by atoms with E-state index in [4.69, 9.17) is 14.2 Å². The number of carbonyl (C=O) groups excluding carboxylic acids is 2. The van der Waals surface area contributed by atoms with Gasteiger partial charge in [0.1, 0.15) is 24.5 Å². The van der Waals surface area contributed by atoms with Crippen LogP contribution in [-0.4, -0.2) is 103 Å². The van der Waals surface area contributed by atoms with Crippen LogP contribution in [0.4, 0.5) is 18.0 Å². The molecule has 0 aromatic heterocycles. The standard InChI is InChI=1S/C23H31F3N4O8S/c1-36-12-13-37-22(32)30-16-4-7-19(30)20(21(31)27-33)29(14-16)39(34,35)28-10-8-18(9-11-28)38-17-5-2-15(3-6-17)23(24,25)26/h2-3,5-6,16,18-20,33H,4,7-14H2,1H3,(H,27,31)/t16-,19+,20-/m1/s1. The molecule has 2 amide bonds. The Morgan fingerprint density at radius 2 is 1.74 bits per heavy atom. The molecule has 0 radical (unpaired) electrons. The second-order valence-corrected chi connectivity index (χ2v) is 11.4. The minimum Gasteiger partial charge on any atom is -0.490 e. The smallest absolute Gasteiger partial charge is 0.416 e. The van der Waals surface area contributed by atoms with Gasteiger partial charge in [-0.1, -0.05) is 0 Å². The van der Waals surface area contributed by atoms with Crippen molar-refractivity contribution in [3.8, 4) is 5.75 Å². The Morgan fingerprint density at radius 3 is 2.33 bits per heavy atom. The molecule has 3 saturated heterocycles. The highest BCUT2D eigenvalue weighted by molar-refractivity contribution is 7.86. The number of nitrogens with one attached hydrogen (secondary N) is 1. The van der Waals surface area contributed by atoms with Crippen molar-refractivity contribution in [1.82, 2.24) is 19.0 Å². The van der Waals surface area contributed by atoms with Crippen LogP contribution in [0.25, 0.3) is 0 Å². The van der Waals surface area contributed by atoms with Gasteiger partial charge >= 0.3 is 12.3 Å². The average molecular weight is 581 g/mol. The molecule has 1 aromatic rings. The SMILES string of the molecule is COCCOC(=O)N1[C@@H]2CC[C@H]1[C@H](C(=O)NO)N(S(=O)(=O)N1CCC(Oc3ccc(C(F)(F)F)cc3)CC1)C2. The molecule has 3 atom stereocenters. The van der Waals surface area contributed by atoms with Gasteiger partial charge in [0.15, 0.2) is 0 Å². The minimum atomic E-state index is -4.46. The molecule has 3 heterocycles. The van der Waals surface area contributed by atoms with Gasteiger partial charge in [-0.05, 0) is 49.9 Å². The fourth-order valence-corrected chi connectivity index (χ4v) is 7.19. The van der Waals surface area contributed by atoms with Crippen LogP contribution >= 0.6 is 0 Å². The summed E-state index contributed by atoms with van der Waals surface area (Å²) in [6.45, 7) is 0.117. The third-order valence-corrected chi connectivity index (χ3v) is 9.21. The van der Waals surface area contributed by atoms with Crippen molar-refractivity contribution in [2.45, 2.75) is 56.1 Å². The number of carbonyl (C=O) groups is 2. The van der Waals surface area contributed by atoms with Crippen molar-refractivity contribution < 1.29 is 50.6 Å². The van der Waals surface area contributed by atoms with Crippen LogP contribution < -0.4 is 10.2 Å². The lowest BCUT2D eigenvalue weighted by molar-refractivity contribution is -0.138. The summed E-state index contributed by atoms with van der Waals surface area (Å²) >= 11 is 0. The Hall–Kier alpha value is -2.66. The zero-order valence-electron chi connectivity index (χ0n) is 21.2.